The number of unbranched alkanes of at least 4 members (excludes halogenated alkanes) is 27. The van der Waals surface area contributed by atoms with Gasteiger partial charge in [0.15, 0.2) is 11.5 Å². The van der Waals surface area contributed by atoms with E-state index in [1.54, 1.807) is 0 Å². The molecule has 0 saturated heterocycles. The minimum absolute atomic E-state index is 0.679. The van der Waals surface area contributed by atoms with Crippen LogP contribution in [0.5, 0.6) is 17.2 Å². The first-order valence-corrected chi connectivity index (χ1v) is 23.5. The lowest BCUT2D eigenvalue weighted by atomic mass is 10.1. The van der Waals surface area contributed by atoms with Crippen molar-refractivity contribution < 1.29 is 19.0 Å². The number of benzene rings is 2. The summed E-state index contributed by atoms with van der Waals surface area (Å²) in [5, 5.41) is 0. The number of rotatable bonds is 39. The van der Waals surface area contributed by atoms with Gasteiger partial charge in [-0.15, -0.1) is 0 Å². The average molecular weight is 761 g/mol. The van der Waals surface area contributed by atoms with Crippen LogP contribution in [0.4, 0.5) is 0 Å². The Hall–Kier alpha value is -2.75. The molecule has 0 N–H and O–H groups in total. The fourth-order valence-corrected chi connectivity index (χ4v) is 7.23. The van der Waals surface area contributed by atoms with E-state index < -0.39 is 0 Å². The van der Waals surface area contributed by atoms with E-state index >= 15 is 0 Å². The Bertz CT molecular complexity index is 1140. The van der Waals surface area contributed by atoms with Gasteiger partial charge in [0.2, 0.25) is 5.75 Å². The van der Waals surface area contributed by atoms with Gasteiger partial charge in [0, 0.05) is 5.56 Å². The fraction of sp³-hybridized carbons (Fsp3) is 0.706. The van der Waals surface area contributed by atoms with Crippen molar-refractivity contribution in [2.24, 2.45) is 0 Å². The van der Waals surface area contributed by atoms with Gasteiger partial charge in [-0.3, -0.25) is 4.79 Å². The van der Waals surface area contributed by atoms with E-state index in [0.29, 0.717) is 25.4 Å². The van der Waals surface area contributed by atoms with Crippen LogP contribution < -0.4 is 14.2 Å². The average Bonchev–Trinajstić information content (AvgIpc) is 3.21. The topological polar surface area (TPSA) is 44.8 Å². The highest BCUT2D eigenvalue weighted by atomic mass is 16.5. The summed E-state index contributed by atoms with van der Waals surface area (Å²) in [6, 6.07) is 11.9. The predicted octanol–water partition coefficient (Wildman–Crippen LogP) is 16.6. The zero-order chi connectivity index (χ0) is 39.3. The molecule has 0 fully saturated rings. The van der Waals surface area contributed by atoms with Crippen molar-refractivity contribution >= 4 is 18.4 Å². The highest BCUT2D eigenvalue weighted by Crippen LogP contribution is 2.40. The molecule has 0 bridgehead atoms. The fourth-order valence-electron chi connectivity index (χ4n) is 7.23. The van der Waals surface area contributed by atoms with Crippen molar-refractivity contribution in [3.8, 4) is 17.2 Å². The number of aldehydes is 1. The van der Waals surface area contributed by atoms with E-state index in [1.807, 2.05) is 24.3 Å². The molecule has 0 unspecified atom stereocenters. The second-order valence-electron chi connectivity index (χ2n) is 16.1. The summed E-state index contributed by atoms with van der Waals surface area (Å²) in [7, 11) is 0. The molecule has 0 spiro atoms. The van der Waals surface area contributed by atoms with Gasteiger partial charge >= 0.3 is 0 Å². The highest BCUT2D eigenvalue weighted by molar-refractivity contribution is 5.77. The minimum Gasteiger partial charge on any atom is -0.490 e. The molecule has 0 heterocycles. The molecule has 4 heteroatoms. The number of ether oxygens (including phenoxy) is 3. The number of hydrogen-bond acceptors (Lipinski definition) is 4. The quantitative estimate of drug-likeness (QED) is 0.0387. The van der Waals surface area contributed by atoms with Gasteiger partial charge in [-0.2, -0.15) is 0 Å². The Kier molecular flexibility index (Phi) is 31.4. The van der Waals surface area contributed by atoms with Crippen molar-refractivity contribution in [2.75, 3.05) is 19.8 Å². The van der Waals surface area contributed by atoms with Crippen LogP contribution in [-0.4, -0.2) is 26.1 Å². The first kappa shape index (κ1) is 48.4. The Morgan fingerprint density at radius 2 is 0.655 bits per heavy atom. The first-order chi connectivity index (χ1) is 27.2. The summed E-state index contributed by atoms with van der Waals surface area (Å²) in [4.78, 5) is 11.2. The smallest absolute Gasteiger partial charge is 0.203 e. The van der Waals surface area contributed by atoms with E-state index in [9.17, 15) is 4.79 Å². The predicted molar refractivity (Wildman–Crippen MR) is 239 cm³/mol. The van der Waals surface area contributed by atoms with Crippen molar-refractivity contribution in [3.63, 3.8) is 0 Å². The van der Waals surface area contributed by atoms with Gasteiger partial charge in [0.1, 0.15) is 6.29 Å². The van der Waals surface area contributed by atoms with E-state index in [1.165, 1.54) is 173 Å². The Morgan fingerprint density at radius 3 is 1.00 bits per heavy atom. The molecule has 0 aliphatic heterocycles. The maximum absolute atomic E-state index is 11.2. The van der Waals surface area contributed by atoms with Crippen LogP contribution in [0.15, 0.2) is 36.4 Å². The Balaban J connectivity index is 2.05. The molecule has 4 nitrogen and oxygen atoms in total. The summed E-state index contributed by atoms with van der Waals surface area (Å²) < 4.78 is 19.7. The molecule has 0 aromatic heterocycles. The van der Waals surface area contributed by atoms with Gasteiger partial charge in [-0.1, -0.05) is 231 Å². The molecule has 2 aromatic carbocycles. The van der Waals surface area contributed by atoms with Crippen LogP contribution in [0.2, 0.25) is 0 Å². The standard InChI is InChI=1S/C51H84O4/c1-4-7-10-13-16-19-22-25-28-31-40-53-49-43-48(39-36-46-34-37-47(45-52)38-35-46)44-50(54-41-32-29-26-23-20-17-14-11-8-5-2)51(49)55-42-33-30-27-24-21-18-15-12-9-6-3/h34-39,43-45H,4-33,40-42H2,1-3H3/b39-36+. The normalized spacial score (nSPS) is 11.4. The van der Waals surface area contributed by atoms with Crippen molar-refractivity contribution in [1.29, 1.82) is 0 Å². The monoisotopic (exact) mass is 761 g/mol. The van der Waals surface area contributed by atoms with Crippen LogP contribution in [0.25, 0.3) is 12.2 Å². The first-order valence-electron chi connectivity index (χ1n) is 23.5. The lowest BCUT2D eigenvalue weighted by Crippen LogP contribution is -2.07. The van der Waals surface area contributed by atoms with E-state index in [0.717, 1.165) is 53.9 Å². The summed E-state index contributed by atoms with van der Waals surface area (Å²) in [5.41, 5.74) is 2.76. The second kappa shape index (κ2) is 35.6. The maximum Gasteiger partial charge on any atom is 0.203 e. The molecule has 55 heavy (non-hydrogen) atoms. The third-order valence-corrected chi connectivity index (χ3v) is 10.8. The molecule has 0 aliphatic rings. The Labute approximate surface area is 340 Å². The summed E-state index contributed by atoms with van der Waals surface area (Å²) in [6.07, 6.45) is 44.2. The third-order valence-electron chi connectivity index (χ3n) is 10.8. The maximum atomic E-state index is 11.2. The van der Waals surface area contributed by atoms with Crippen molar-refractivity contribution in [2.45, 2.75) is 213 Å². The summed E-state index contributed by atoms with van der Waals surface area (Å²) in [6.45, 7) is 8.90. The molecule has 0 saturated carbocycles. The van der Waals surface area contributed by atoms with Crippen LogP contribution in [0, 0.1) is 0 Å². The van der Waals surface area contributed by atoms with Crippen LogP contribution in [0.1, 0.15) is 235 Å². The lowest BCUT2D eigenvalue weighted by Gasteiger charge is -2.18. The molecule has 0 aliphatic carbocycles. The van der Waals surface area contributed by atoms with Gasteiger partial charge in [-0.25, -0.2) is 0 Å². The highest BCUT2D eigenvalue weighted by Gasteiger charge is 2.16. The number of carbonyl (C=O) groups is 1. The molecule has 312 valence electrons. The summed E-state index contributed by atoms with van der Waals surface area (Å²) in [5.74, 6) is 2.35. The van der Waals surface area contributed by atoms with Crippen LogP contribution in [0.3, 0.4) is 0 Å². The zero-order valence-electron chi connectivity index (χ0n) is 36.2. The molecule has 0 radical (unpaired) electrons. The molecule has 0 atom stereocenters. The largest absolute Gasteiger partial charge is 0.490 e. The van der Waals surface area contributed by atoms with Gasteiger partial charge in [-0.05, 0) is 42.5 Å². The van der Waals surface area contributed by atoms with Crippen LogP contribution >= 0.6 is 0 Å². The lowest BCUT2D eigenvalue weighted by molar-refractivity contribution is 0.112. The molecule has 2 aromatic rings. The third kappa shape index (κ3) is 25.9. The molecule has 2 rings (SSSR count). The number of carbonyl (C=O) groups excluding carboxylic acids is 1. The number of hydrogen-bond donors (Lipinski definition) is 0. The second-order valence-corrected chi connectivity index (χ2v) is 16.1. The van der Waals surface area contributed by atoms with E-state index in [4.69, 9.17) is 14.2 Å². The van der Waals surface area contributed by atoms with E-state index in [2.05, 4.69) is 45.1 Å². The van der Waals surface area contributed by atoms with Crippen molar-refractivity contribution in [1.82, 2.24) is 0 Å². The zero-order valence-corrected chi connectivity index (χ0v) is 36.2. The molecular weight excluding hydrogens is 677 g/mol. The van der Waals surface area contributed by atoms with Crippen molar-refractivity contribution in [3.05, 3.63) is 53.1 Å². The van der Waals surface area contributed by atoms with Crippen LogP contribution in [-0.2, 0) is 0 Å². The van der Waals surface area contributed by atoms with Gasteiger partial charge in [0.05, 0.1) is 19.8 Å². The van der Waals surface area contributed by atoms with Gasteiger partial charge < -0.3 is 14.2 Å². The minimum atomic E-state index is 0.679. The van der Waals surface area contributed by atoms with Gasteiger partial charge in [0.25, 0.3) is 0 Å². The molecule has 0 amide bonds. The SMILES string of the molecule is CCCCCCCCCCCCOc1cc(/C=C/c2ccc(C=O)cc2)cc(OCCCCCCCCCCCC)c1OCCCCCCCCCCCC. The Morgan fingerprint density at radius 1 is 0.364 bits per heavy atom. The molecular formula is C51H84O4. The summed E-state index contributed by atoms with van der Waals surface area (Å²) >= 11 is 0. The van der Waals surface area contributed by atoms with E-state index in [-0.39, 0.29) is 0 Å².